The molecule has 1 atom stereocenters. The number of hydrogen-bond acceptors (Lipinski definition) is 4. The zero-order chi connectivity index (χ0) is 15.8. The summed E-state index contributed by atoms with van der Waals surface area (Å²) in [6.45, 7) is 3.73. The predicted octanol–water partition coefficient (Wildman–Crippen LogP) is 1.33. The first-order chi connectivity index (χ1) is 11.2. The molecule has 0 aliphatic carbocycles. The number of anilines is 1. The Balaban J connectivity index is 1.49. The van der Waals surface area contributed by atoms with Gasteiger partial charge in [0.15, 0.2) is 6.61 Å². The van der Waals surface area contributed by atoms with Crippen LogP contribution >= 0.6 is 0 Å². The van der Waals surface area contributed by atoms with Crippen LogP contribution in [0.4, 0.5) is 5.69 Å². The molecule has 0 aromatic heterocycles. The number of piperazine rings is 1. The lowest BCUT2D eigenvalue weighted by atomic mass is 9.99. The maximum Gasteiger partial charge on any atom is 0.262 e. The number of fused-ring (bicyclic) bond motifs is 2. The van der Waals surface area contributed by atoms with Gasteiger partial charge in [0.25, 0.3) is 11.8 Å². The number of rotatable bonds is 1. The van der Waals surface area contributed by atoms with Gasteiger partial charge < -0.3 is 15.0 Å². The van der Waals surface area contributed by atoms with Gasteiger partial charge in [-0.25, -0.2) is 0 Å². The number of benzene rings is 1. The van der Waals surface area contributed by atoms with E-state index in [1.54, 1.807) is 18.2 Å². The molecule has 6 heteroatoms. The molecule has 1 aromatic carbocycles. The van der Waals surface area contributed by atoms with Gasteiger partial charge in [0, 0.05) is 31.2 Å². The fraction of sp³-hybridized carbons (Fsp3) is 0.529. The Bertz CT molecular complexity index is 646. The molecule has 4 rings (SSSR count). The molecular weight excluding hydrogens is 294 g/mol. The van der Waals surface area contributed by atoms with E-state index >= 15 is 0 Å². The summed E-state index contributed by atoms with van der Waals surface area (Å²) >= 11 is 0. The molecule has 122 valence electrons. The average molecular weight is 315 g/mol. The fourth-order valence-corrected chi connectivity index (χ4v) is 3.73. The summed E-state index contributed by atoms with van der Waals surface area (Å²) in [5.41, 5.74) is 1.26. The van der Waals surface area contributed by atoms with Crippen LogP contribution in [0.15, 0.2) is 18.2 Å². The minimum Gasteiger partial charge on any atom is -0.482 e. The van der Waals surface area contributed by atoms with E-state index in [0.717, 1.165) is 19.6 Å². The number of hydrogen-bond donors (Lipinski definition) is 1. The maximum atomic E-state index is 12.8. The molecular formula is C17H21N3O3. The van der Waals surface area contributed by atoms with Crippen LogP contribution in [0.1, 0.15) is 29.6 Å². The molecule has 3 heterocycles. The van der Waals surface area contributed by atoms with E-state index in [1.807, 2.05) is 4.90 Å². The van der Waals surface area contributed by atoms with Gasteiger partial charge in [-0.15, -0.1) is 0 Å². The van der Waals surface area contributed by atoms with E-state index in [2.05, 4.69) is 10.2 Å². The molecule has 1 N–H and O–H groups in total. The van der Waals surface area contributed by atoms with Crippen LogP contribution in [0.2, 0.25) is 0 Å². The van der Waals surface area contributed by atoms with E-state index in [-0.39, 0.29) is 18.4 Å². The van der Waals surface area contributed by atoms with E-state index in [1.165, 1.54) is 25.8 Å². The van der Waals surface area contributed by atoms with Gasteiger partial charge in [0.1, 0.15) is 5.75 Å². The molecule has 0 bridgehead atoms. The van der Waals surface area contributed by atoms with Crippen molar-refractivity contribution in [3.8, 4) is 5.75 Å². The summed E-state index contributed by atoms with van der Waals surface area (Å²) in [7, 11) is 0. The predicted molar refractivity (Wildman–Crippen MR) is 85.7 cm³/mol. The highest BCUT2D eigenvalue weighted by atomic mass is 16.5. The number of nitrogens with zero attached hydrogens (tertiary/aromatic N) is 2. The zero-order valence-corrected chi connectivity index (χ0v) is 13.1. The van der Waals surface area contributed by atoms with Crippen molar-refractivity contribution in [1.29, 1.82) is 0 Å². The van der Waals surface area contributed by atoms with E-state index in [0.29, 0.717) is 23.0 Å². The monoisotopic (exact) mass is 315 g/mol. The molecule has 1 unspecified atom stereocenters. The van der Waals surface area contributed by atoms with Crippen LogP contribution < -0.4 is 10.1 Å². The molecule has 6 nitrogen and oxygen atoms in total. The summed E-state index contributed by atoms with van der Waals surface area (Å²) in [5.74, 6) is 0.468. The Kier molecular flexibility index (Phi) is 3.69. The smallest absolute Gasteiger partial charge is 0.262 e. The summed E-state index contributed by atoms with van der Waals surface area (Å²) in [6, 6.07) is 5.76. The average Bonchev–Trinajstić information content (AvgIpc) is 2.60. The number of carbonyl (C=O) groups is 2. The van der Waals surface area contributed by atoms with Crippen LogP contribution in [0, 0.1) is 0 Å². The molecule has 2 amide bonds. The Labute approximate surface area is 135 Å². The highest BCUT2D eigenvalue weighted by molar-refractivity contribution is 5.99. The summed E-state index contributed by atoms with van der Waals surface area (Å²) in [6.07, 6.45) is 3.72. The normalized spacial score (nSPS) is 24.3. The van der Waals surface area contributed by atoms with Crippen LogP contribution in [-0.4, -0.2) is 60.4 Å². The van der Waals surface area contributed by atoms with Gasteiger partial charge in [-0.05, 0) is 37.6 Å². The minimum absolute atomic E-state index is 0.00535. The van der Waals surface area contributed by atoms with Crippen molar-refractivity contribution in [3.05, 3.63) is 23.8 Å². The van der Waals surface area contributed by atoms with Crippen LogP contribution in [-0.2, 0) is 4.79 Å². The van der Waals surface area contributed by atoms with E-state index < -0.39 is 0 Å². The second kappa shape index (κ2) is 5.85. The maximum absolute atomic E-state index is 12.8. The van der Waals surface area contributed by atoms with Crippen molar-refractivity contribution in [1.82, 2.24) is 9.80 Å². The van der Waals surface area contributed by atoms with Crippen molar-refractivity contribution in [2.75, 3.05) is 38.1 Å². The zero-order valence-electron chi connectivity index (χ0n) is 13.1. The minimum atomic E-state index is -0.162. The van der Waals surface area contributed by atoms with Gasteiger partial charge in [-0.2, -0.15) is 0 Å². The van der Waals surface area contributed by atoms with Crippen molar-refractivity contribution in [2.45, 2.75) is 25.3 Å². The summed E-state index contributed by atoms with van der Waals surface area (Å²) < 4.78 is 5.41. The van der Waals surface area contributed by atoms with Crippen molar-refractivity contribution in [3.63, 3.8) is 0 Å². The molecule has 2 fully saturated rings. The van der Waals surface area contributed by atoms with Crippen LogP contribution in [0.25, 0.3) is 0 Å². The molecule has 0 radical (unpaired) electrons. The van der Waals surface area contributed by atoms with Crippen molar-refractivity contribution in [2.24, 2.45) is 0 Å². The number of piperidine rings is 1. The topological polar surface area (TPSA) is 61.9 Å². The summed E-state index contributed by atoms with van der Waals surface area (Å²) in [5, 5.41) is 2.75. The van der Waals surface area contributed by atoms with E-state index in [4.69, 9.17) is 4.74 Å². The lowest BCUT2D eigenvalue weighted by Crippen LogP contribution is -2.56. The summed E-state index contributed by atoms with van der Waals surface area (Å²) in [4.78, 5) is 28.6. The Morgan fingerprint density at radius 3 is 3.04 bits per heavy atom. The third-order valence-electron chi connectivity index (χ3n) is 4.99. The first kappa shape index (κ1) is 14.5. The first-order valence-corrected chi connectivity index (χ1v) is 8.31. The molecule has 3 aliphatic rings. The van der Waals surface area contributed by atoms with Crippen molar-refractivity contribution >= 4 is 17.5 Å². The lowest BCUT2D eigenvalue weighted by molar-refractivity contribution is -0.118. The number of nitrogens with one attached hydrogen (secondary N) is 1. The first-order valence-electron chi connectivity index (χ1n) is 8.31. The highest BCUT2D eigenvalue weighted by Crippen LogP contribution is 2.29. The third-order valence-corrected chi connectivity index (χ3v) is 4.99. The number of carbonyl (C=O) groups excluding carboxylic acids is 2. The van der Waals surface area contributed by atoms with Crippen molar-refractivity contribution < 1.29 is 14.3 Å². The molecule has 0 spiro atoms. The van der Waals surface area contributed by atoms with Gasteiger partial charge in [0.2, 0.25) is 0 Å². The van der Waals surface area contributed by atoms with Crippen LogP contribution in [0.5, 0.6) is 5.75 Å². The Morgan fingerprint density at radius 2 is 2.13 bits per heavy atom. The SMILES string of the molecule is O=C1COc2cc(C(=O)N3CCN4CCCCC4C3)ccc2N1. The quantitative estimate of drug-likeness (QED) is 0.849. The highest BCUT2D eigenvalue weighted by Gasteiger charge is 2.31. The second-order valence-corrected chi connectivity index (χ2v) is 6.48. The number of amides is 2. The molecule has 3 aliphatic heterocycles. The Hall–Kier alpha value is -2.08. The van der Waals surface area contributed by atoms with Gasteiger partial charge in [0.05, 0.1) is 5.69 Å². The second-order valence-electron chi connectivity index (χ2n) is 6.48. The molecule has 1 aromatic rings. The molecule has 0 saturated carbocycles. The third kappa shape index (κ3) is 2.79. The Morgan fingerprint density at radius 1 is 1.22 bits per heavy atom. The largest absolute Gasteiger partial charge is 0.482 e. The van der Waals surface area contributed by atoms with Gasteiger partial charge in [-0.1, -0.05) is 6.42 Å². The van der Waals surface area contributed by atoms with Crippen LogP contribution in [0.3, 0.4) is 0 Å². The molecule has 2 saturated heterocycles. The van der Waals surface area contributed by atoms with Gasteiger partial charge in [-0.3, -0.25) is 14.5 Å². The lowest BCUT2D eigenvalue weighted by Gasteiger charge is -2.44. The van der Waals surface area contributed by atoms with Gasteiger partial charge >= 0.3 is 0 Å². The number of ether oxygens (including phenoxy) is 1. The molecule has 23 heavy (non-hydrogen) atoms. The standard InChI is InChI=1S/C17H21N3O3/c21-16-11-23-15-9-12(4-5-14(15)18-16)17(22)20-8-7-19-6-2-1-3-13(19)10-20/h4-5,9,13H,1-3,6-8,10-11H2,(H,18,21). The van der Waals surface area contributed by atoms with E-state index in [9.17, 15) is 9.59 Å². The fourth-order valence-electron chi connectivity index (χ4n) is 3.73.